The Morgan fingerprint density at radius 3 is 2.07 bits per heavy atom. The van der Waals surface area contributed by atoms with Crippen molar-refractivity contribution < 1.29 is 38.9 Å². The molecule has 362 valence electrons. The van der Waals surface area contributed by atoms with E-state index in [0.29, 0.717) is 42.6 Å². The van der Waals surface area contributed by atoms with Gasteiger partial charge in [-0.25, -0.2) is 9.78 Å². The Balaban J connectivity index is 1.30. The van der Waals surface area contributed by atoms with Crippen molar-refractivity contribution in [2.75, 3.05) is 13.7 Å². The monoisotopic (exact) mass is 930 g/mol. The van der Waals surface area contributed by atoms with Crippen molar-refractivity contribution in [1.29, 1.82) is 0 Å². The maximum absolute atomic E-state index is 14.3. The van der Waals surface area contributed by atoms with Crippen molar-refractivity contribution in [2.45, 2.75) is 121 Å². The molecule has 0 spiro atoms. The van der Waals surface area contributed by atoms with E-state index in [0.717, 1.165) is 54.5 Å². The maximum atomic E-state index is 14.3. The molecule has 5 unspecified atom stereocenters. The number of aliphatic carboxylic acids is 1. The molecule has 0 saturated carbocycles. The number of carboxylic acids is 1. The molecule has 5 aromatic rings. The van der Waals surface area contributed by atoms with Crippen molar-refractivity contribution in [3.63, 3.8) is 0 Å². The van der Waals surface area contributed by atoms with Crippen LogP contribution in [0.5, 0.6) is 11.5 Å². The predicted molar refractivity (Wildman–Crippen MR) is 261 cm³/mol. The first-order valence-corrected chi connectivity index (χ1v) is 23.5. The van der Waals surface area contributed by atoms with E-state index in [9.17, 15) is 34.2 Å². The summed E-state index contributed by atoms with van der Waals surface area (Å²) in [6, 6.07) is 26.5. The van der Waals surface area contributed by atoms with E-state index >= 15 is 0 Å². The molecule has 4 amide bonds. The van der Waals surface area contributed by atoms with Crippen LogP contribution in [0.4, 0.5) is 0 Å². The van der Waals surface area contributed by atoms with Gasteiger partial charge in [0.2, 0.25) is 23.6 Å². The number of unbranched alkanes of at least 4 members (excludes halogenated alkanes) is 5. The van der Waals surface area contributed by atoms with Crippen molar-refractivity contribution in [2.24, 2.45) is 5.73 Å². The van der Waals surface area contributed by atoms with E-state index in [2.05, 4.69) is 33.2 Å². The lowest BCUT2D eigenvalue weighted by Gasteiger charge is -2.25. The summed E-state index contributed by atoms with van der Waals surface area (Å²) in [6.45, 7) is 4.45. The van der Waals surface area contributed by atoms with Gasteiger partial charge in [0.25, 0.3) is 0 Å². The first kappa shape index (κ1) is 52.0. The first-order valence-electron chi connectivity index (χ1n) is 23.5. The van der Waals surface area contributed by atoms with Crippen molar-refractivity contribution in [3.05, 3.63) is 149 Å². The van der Waals surface area contributed by atoms with Gasteiger partial charge in [-0.1, -0.05) is 117 Å². The highest BCUT2D eigenvalue weighted by atomic mass is 16.5. The van der Waals surface area contributed by atoms with Gasteiger partial charge >= 0.3 is 5.97 Å². The number of nitrogens with zero attached hydrogens (tertiary/aromatic N) is 2. The molecular formula is C53H67N7O8. The molecule has 0 bridgehead atoms. The normalized spacial score (nSPS) is 13.3. The Bertz CT molecular complexity index is 2350. The number of benzene rings is 4. The van der Waals surface area contributed by atoms with E-state index < -0.39 is 47.9 Å². The first-order chi connectivity index (χ1) is 32.8. The van der Waals surface area contributed by atoms with Gasteiger partial charge in [-0.3, -0.25) is 19.2 Å². The summed E-state index contributed by atoms with van der Waals surface area (Å²) in [5, 5.41) is 31.1. The number of phenols is 1. The zero-order valence-corrected chi connectivity index (χ0v) is 39.4. The Labute approximate surface area is 399 Å². The topological polar surface area (TPSA) is 227 Å². The molecule has 0 aliphatic heterocycles. The second kappa shape index (κ2) is 27.0. The minimum atomic E-state index is -1.28. The van der Waals surface area contributed by atoms with E-state index in [4.69, 9.17) is 10.5 Å². The average Bonchev–Trinajstić information content (AvgIpc) is 3.79. The molecule has 0 aliphatic carbocycles. The maximum Gasteiger partial charge on any atom is 0.326 e. The zero-order chi connectivity index (χ0) is 48.8. The minimum Gasteiger partial charge on any atom is -0.508 e. The molecule has 0 saturated heterocycles. The number of aromatic hydroxyl groups is 1. The van der Waals surface area contributed by atoms with Crippen LogP contribution in [0.3, 0.4) is 0 Å². The number of carbonyl (C=O) groups is 5. The minimum absolute atomic E-state index is 0.0241. The number of hydrogen-bond acceptors (Lipinski definition) is 9. The van der Waals surface area contributed by atoms with Gasteiger partial charge in [0, 0.05) is 32.0 Å². The van der Waals surface area contributed by atoms with Crippen molar-refractivity contribution in [1.82, 2.24) is 30.8 Å². The Morgan fingerprint density at radius 2 is 1.40 bits per heavy atom. The Kier molecular flexibility index (Phi) is 20.6. The molecule has 8 N–H and O–H groups in total. The number of carboxylic acid groups (broad SMARTS) is 1. The second-order valence-corrected chi connectivity index (χ2v) is 17.3. The molecule has 15 nitrogen and oxygen atoms in total. The lowest BCUT2D eigenvalue weighted by molar-refractivity contribution is -0.142. The highest BCUT2D eigenvalue weighted by molar-refractivity contribution is 5.90. The van der Waals surface area contributed by atoms with Gasteiger partial charge in [-0.05, 0) is 79.1 Å². The van der Waals surface area contributed by atoms with Gasteiger partial charge in [0.15, 0.2) is 0 Å². The summed E-state index contributed by atoms with van der Waals surface area (Å²) in [4.78, 5) is 71.2. The summed E-state index contributed by atoms with van der Waals surface area (Å²) in [5.41, 5.74) is 11.3. The van der Waals surface area contributed by atoms with Crippen LogP contribution in [-0.4, -0.2) is 81.1 Å². The highest BCUT2D eigenvalue weighted by Gasteiger charge is 2.29. The van der Waals surface area contributed by atoms with Gasteiger partial charge < -0.3 is 46.5 Å². The summed E-state index contributed by atoms with van der Waals surface area (Å²) in [6.07, 6.45) is 10.2. The molecular weight excluding hydrogens is 863 g/mol. The van der Waals surface area contributed by atoms with Crippen molar-refractivity contribution >= 4 is 29.6 Å². The zero-order valence-electron chi connectivity index (χ0n) is 39.4. The van der Waals surface area contributed by atoms with Crippen LogP contribution in [0, 0.1) is 6.92 Å². The largest absolute Gasteiger partial charge is 0.508 e. The van der Waals surface area contributed by atoms with E-state index in [1.165, 1.54) is 12.1 Å². The number of rotatable bonds is 28. The molecule has 5 rings (SSSR count). The molecule has 68 heavy (non-hydrogen) atoms. The number of aryl methyl sites for hydroxylation is 1. The van der Waals surface area contributed by atoms with Crippen LogP contribution in [0.15, 0.2) is 116 Å². The van der Waals surface area contributed by atoms with E-state index in [1.807, 2.05) is 84.4 Å². The molecule has 0 fully saturated rings. The van der Waals surface area contributed by atoms with E-state index in [1.54, 1.807) is 37.7 Å². The average molecular weight is 930 g/mol. The van der Waals surface area contributed by atoms with Crippen LogP contribution in [-0.2, 0) is 36.8 Å². The Hall–Kier alpha value is -7.00. The number of aromatic nitrogens is 2. The fourth-order valence-corrected chi connectivity index (χ4v) is 7.96. The van der Waals surface area contributed by atoms with Crippen LogP contribution in [0.25, 0.3) is 0 Å². The summed E-state index contributed by atoms with van der Waals surface area (Å²) in [7, 11) is 1.62. The molecule has 4 aromatic carbocycles. The molecule has 15 heteroatoms. The number of imidazole rings is 1. The molecule has 0 radical (unpaired) electrons. The number of nitrogens with two attached hydrogens (primary N) is 1. The lowest BCUT2D eigenvalue weighted by atomic mass is 9.98. The third-order valence-corrected chi connectivity index (χ3v) is 11.8. The van der Waals surface area contributed by atoms with Gasteiger partial charge in [0.1, 0.15) is 23.6 Å². The summed E-state index contributed by atoms with van der Waals surface area (Å²) >= 11 is 0. The summed E-state index contributed by atoms with van der Waals surface area (Å²) < 4.78 is 7.35. The molecule has 0 aliphatic rings. The standard InChI is InChI=1S/C53H67N7O8/c1-4-5-6-7-11-17-48(62)55-30-13-12-16-45(52(65)59-46(38-22-18-36(2)19-23-38)33-49(63)57-47(53(66)67)31-37-20-26-42(61)27-21-37)58-51(64)44(54)32-41-34-60(35-56-41)50(39-14-9-8-10-15-39)40-24-28-43(68-3)29-25-40/h8-10,14-15,18-29,34-35,44-47,50,61H,4-7,11-13,16-17,30-33,54H2,1-3H3,(H,55,62)(H,57,63)(H,58,64)(H,59,65)(H,66,67). The van der Waals surface area contributed by atoms with Crippen LogP contribution >= 0.6 is 0 Å². The summed E-state index contributed by atoms with van der Waals surface area (Å²) in [5.74, 6) is -2.27. The quantitative estimate of drug-likeness (QED) is 0.0266. The predicted octanol–water partition coefficient (Wildman–Crippen LogP) is 6.60. The van der Waals surface area contributed by atoms with Gasteiger partial charge in [0.05, 0.1) is 43.7 Å². The Morgan fingerprint density at radius 1 is 0.721 bits per heavy atom. The number of carbonyl (C=O) groups excluding carboxylic acids is 4. The van der Waals surface area contributed by atoms with E-state index in [-0.39, 0.29) is 43.4 Å². The number of nitrogens with one attached hydrogen (secondary N) is 4. The molecule has 1 aromatic heterocycles. The number of phenolic OH excluding ortho intramolecular Hbond substituents is 1. The third kappa shape index (κ3) is 16.7. The third-order valence-electron chi connectivity index (χ3n) is 11.8. The molecule has 1 heterocycles. The van der Waals surface area contributed by atoms with Crippen molar-refractivity contribution in [3.8, 4) is 11.5 Å². The number of amides is 4. The smallest absolute Gasteiger partial charge is 0.326 e. The molecule has 5 atom stereocenters. The van der Waals surface area contributed by atoms with Crippen LogP contribution in [0.2, 0.25) is 0 Å². The number of ether oxygens (including phenoxy) is 1. The number of hydrogen-bond donors (Lipinski definition) is 7. The highest BCUT2D eigenvalue weighted by Crippen LogP contribution is 2.29. The second-order valence-electron chi connectivity index (χ2n) is 17.3. The van der Waals surface area contributed by atoms with Gasteiger partial charge in [-0.15, -0.1) is 0 Å². The van der Waals surface area contributed by atoms with Crippen LogP contribution < -0.4 is 31.7 Å². The fraction of sp³-hybridized carbons (Fsp3) is 0.396. The fourth-order valence-electron chi connectivity index (χ4n) is 7.96. The number of methoxy groups -OCH3 is 1. The lowest BCUT2D eigenvalue weighted by Crippen LogP contribution is -2.53. The van der Waals surface area contributed by atoms with Crippen LogP contribution in [0.1, 0.15) is 117 Å². The SMILES string of the molecule is CCCCCCCC(=O)NCCCCC(NC(=O)C(N)Cc1cn(C(c2ccccc2)c2ccc(OC)cc2)cn1)C(=O)NC(CC(=O)NC(Cc1ccc(O)cc1)C(=O)O)c1ccc(C)cc1. The van der Waals surface area contributed by atoms with Gasteiger partial charge in [-0.2, -0.15) is 0 Å².